The zero-order valence-electron chi connectivity index (χ0n) is 9.53. The van der Waals surface area contributed by atoms with E-state index in [1.54, 1.807) is 24.5 Å². The van der Waals surface area contributed by atoms with Crippen LogP contribution in [-0.2, 0) is 0 Å². The van der Waals surface area contributed by atoms with E-state index in [0.717, 1.165) is 0 Å². The van der Waals surface area contributed by atoms with Gasteiger partial charge in [0.05, 0.1) is 19.3 Å². The number of aryl methyl sites for hydroxylation is 1. The van der Waals surface area contributed by atoms with Gasteiger partial charge in [0.25, 0.3) is 5.91 Å². The SMILES string of the molecule is CCOc1c(OC)ccc(C)c1C(=O)NO. The summed E-state index contributed by atoms with van der Waals surface area (Å²) in [7, 11) is 1.49. The second-order valence-electron chi connectivity index (χ2n) is 3.16. The van der Waals surface area contributed by atoms with Crippen LogP contribution in [-0.4, -0.2) is 24.8 Å². The summed E-state index contributed by atoms with van der Waals surface area (Å²) in [5.74, 6) is 0.197. The molecule has 0 atom stereocenters. The number of carbonyl (C=O) groups excluding carboxylic acids is 1. The summed E-state index contributed by atoms with van der Waals surface area (Å²) >= 11 is 0. The van der Waals surface area contributed by atoms with Gasteiger partial charge < -0.3 is 9.47 Å². The van der Waals surface area contributed by atoms with Crippen LogP contribution in [0.15, 0.2) is 12.1 Å². The lowest BCUT2D eigenvalue weighted by Gasteiger charge is -2.14. The number of rotatable bonds is 4. The summed E-state index contributed by atoms with van der Waals surface area (Å²) in [5, 5.41) is 8.67. The number of nitrogens with one attached hydrogen (secondary N) is 1. The van der Waals surface area contributed by atoms with Crippen LogP contribution in [0.1, 0.15) is 22.8 Å². The van der Waals surface area contributed by atoms with Crippen molar-refractivity contribution in [3.05, 3.63) is 23.3 Å². The van der Waals surface area contributed by atoms with E-state index in [1.165, 1.54) is 7.11 Å². The van der Waals surface area contributed by atoms with Crippen LogP contribution in [0.3, 0.4) is 0 Å². The molecule has 2 N–H and O–H groups in total. The molecule has 0 bridgehead atoms. The molecular weight excluding hydrogens is 210 g/mol. The molecule has 1 aromatic carbocycles. The van der Waals surface area contributed by atoms with E-state index in [1.807, 2.05) is 6.92 Å². The highest BCUT2D eigenvalue weighted by atomic mass is 16.5. The molecule has 0 saturated heterocycles. The topological polar surface area (TPSA) is 67.8 Å². The molecule has 1 amide bonds. The maximum absolute atomic E-state index is 11.5. The molecule has 0 fully saturated rings. The normalized spacial score (nSPS) is 9.75. The number of amides is 1. The Morgan fingerprint density at radius 3 is 2.69 bits per heavy atom. The zero-order chi connectivity index (χ0) is 12.1. The lowest BCUT2D eigenvalue weighted by Crippen LogP contribution is -2.21. The fraction of sp³-hybridized carbons (Fsp3) is 0.364. The van der Waals surface area contributed by atoms with Crippen molar-refractivity contribution in [2.75, 3.05) is 13.7 Å². The molecule has 0 radical (unpaired) electrons. The molecule has 0 aromatic heterocycles. The van der Waals surface area contributed by atoms with Crippen molar-refractivity contribution in [1.82, 2.24) is 5.48 Å². The predicted molar refractivity (Wildman–Crippen MR) is 58.2 cm³/mol. The largest absolute Gasteiger partial charge is 0.493 e. The van der Waals surface area contributed by atoms with E-state index in [4.69, 9.17) is 14.7 Å². The molecule has 5 nitrogen and oxygen atoms in total. The molecule has 0 aliphatic heterocycles. The Balaban J connectivity index is 3.35. The Labute approximate surface area is 93.9 Å². The standard InChI is InChI=1S/C11H15NO4/c1-4-16-10-8(15-3)6-5-7(2)9(10)11(13)12-14/h5-6,14H,4H2,1-3H3,(H,12,13). The first-order chi connectivity index (χ1) is 7.65. The molecule has 0 saturated carbocycles. The molecule has 5 heteroatoms. The van der Waals surface area contributed by atoms with E-state index in [0.29, 0.717) is 23.7 Å². The van der Waals surface area contributed by atoms with E-state index in [-0.39, 0.29) is 5.56 Å². The minimum atomic E-state index is -0.611. The molecule has 88 valence electrons. The fourth-order valence-electron chi connectivity index (χ4n) is 1.45. The molecule has 0 aliphatic rings. The van der Waals surface area contributed by atoms with Crippen molar-refractivity contribution in [2.24, 2.45) is 0 Å². The summed E-state index contributed by atoms with van der Waals surface area (Å²) in [6, 6.07) is 3.44. The average molecular weight is 225 g/mol. The van der Waals surface area contributed by atoms with Crippen molar-refractivity contribution >= 4 is 5.91 Å². The molecule has 0 heterocycles. The minimum absolute atomic E-state index is 0.281. The van der Waals surface area contributed by atoms with Crippen LogP contribution in [0.4, 0.5) is 0 Å². The minimum Gasteiger partial charge on any atom is -0.493 e. The Kier molecular flexibility index (Phi) is 4.13. The third kappa shape index (κ3) is 2.25. The van der Waals surface area contributed by atoms with Gasteiger partial charge in [-0.25, -0.2) is 5.48 Å². The van der Waals surface area contributed by atoms with E-state index >= 15 is 0 Å². The molecule has 0 unspecified atom stereocenters. The Morgan fingerprint density at radius 1 is 1.50 bits per heavy atom. The maximum Gasteiger partial charge on any atom is 0.278 e. The highest BCUT2D eigenvalue weighted by Crippen LogP contribution is 2.33. The summed E-state index contributed by atoms with van der Waals surface area (Å²) in [6.07, 6.45) is 0. The number of hydroxylamine groups is 1. The predicted octanol–water partition coefficient (Wildman–Crippen LogP) is 1.52. The monoisotopic (exact) mass is 225 g/mol. The highest BCUT2D eigenvalue weighted by Gasteiger charge is 2.19. The second-order valence-corrected chi connectivity index (χ2v) is 3.16. The average Bonchev–Trinajstić information content (AvgIpc) is 2.29. The zero-order valence-corrected chi connectivity index (χ0v) is 9.53. The van der Waals surface area contributed by atoms with E-state index < -0.39 is 5.91 Å². The summed E-state index contributed by atoms with van der Waals surface area (Å²) in [6.45, 7) is 3.97. The van der Waals surface area contributed by atoms with Crippen LogP contribution in [0.25, 0.3) is 0 Å². The molecule has 0 spiro atoms. The highest BCUT2D eigenvalue weighted by molar-refractivity contribution is 5.98. The third-order valence-electron chi connectivity index (χ3n) is 2.17. The van der Waals surface area contributed by atoms with Crippen molar-refractivity contribution < 1.29 is 19.5 Å². The molecule has 1 rings (SSSR count). The van der Waals surface area contributed by atoms with Crippen LogP contribution >= 0.6 is 0 Å². The van der Waals surface area contributed by atoms with Gasteiger partial charge in [-0.3, -0.25) is 10.0 Å². The van der Waals surface area contributed by atoms with Gasteiger partial charge in [0.2, 0.25) is 0 Å². The van der Waals surface area contributed by atoms with E-state index in [2.05, 4.69) is 0 Å². The first-order valence-corrected chi connectivity index (χ1v) is 4.90. The van der Waals surface area contributed by atoms with Crippen molar-refractivity contribution in [3.8, 4) is 11.5 Å². The van der Waals surface area contributed by atoms with Gasteiger partial charge in [-0.1, -0.05) is 6.07 Å². The van der Waals surface area contributed by atoms with Gasteiger partial charge in [0.15, 0.2) is 11.5 Å². The third-order valence-corrected chi connectivity index (χ3v) is 2.17. The van der Waals surface area contributed by atoms with Gasteiger partial charge in [-0.05, 0) is 25.5 Å². The molecule has 0 aliphatic carbocycles. The first-order valence-electron chi connectivity index (χ1n) is 4.90. The van der Waals surface area contributed by atoms with Crippen LogP contribution in [0.2, 0.25) is 0 Å². The van der Waals surface area contributed by atoms with Gasteiger partial charge in [0, 0.05) is 0 Å². The number of ether oxygens (including phenoxy) is 2. The molecular formula is C11H15NO4. The van der Waals surface area contributed by atoms with E-state index in [9.17, 15) is 4.79 Å². The van der Waals surface area contributed by atoms with Gasteiger partial charge in [-0.2, -0.15) is 0 Å². The molecule has 16 heavy (non-hydrogen) atoms. The van der Waals surface area contributed by atoms with Crippen LogP contribution in [0.5, 0.6) is 11.5 Å². The molecule has 1 aromatic rings. The van der Waals surface area contributed by atoms with Crippen LogP contribution < -0.4 is 15.0 Å². The number of hydrogen-bond donors (Lipinski definition) is 2. The number of methoxy groups -OCH3 is 1. The van der Waals surface area contributed by atoms with Crippen LogP contribution in [0, 0.1) is 6.92 Å². The number of carbonyl (C=O) groups is 1. The number of benzene rings is 1. The maximum atomic E-state index is 11.5. The first kappa shape index (κ1) is 12.3. The number of hydrogen-bond acceptors (Lipinski definition) is 4. The van der Waals surface area contributed by atoms with Gasteiger partial charge in [-0.15, -0.1) is 0 Å². The quantitative estimate of drug-likeness (QED) is 0.602. The van der Waals surface area contributed by atoms with Gasteiger partial charge >= 0.3 is 0 Å². The van der Waals surface area contributed by atoms with Crippen molar-refractivity contribution in [3.63, 3.8) is 0 Å². The smallest absolute Gasteiger partial charge is 0.278 e. The fourth-order valence-corrected chi connectivity index (χ4v) is 1.45. The summed E-state index contributed by atoms with van der Waals surface area (Å²) in [4.78, 5) is 11.5. The van der Waals surface area contributed by atoms with Crippen molar-refractivity contribution in [2.45, 2.75) is 13.8 Å². The Morgan fingerprint density at radius 2 is 2.19 bits per heavy atom. The lowest BCUT2D eigenvalue weighted by atomic mass is 10.1. The van der Waals surface area contributed by atoms with Gasteiger partial charge in [0.1, 0.15) is 0 Å². The summed E-state index contributed by atoms with van der Waals surface area (Å²) in [5.41, 5.74) is 2.58. The van der Waals surface area contributed by atoms with Crippen molar-refractivity contribution in [1.29, 1.82) is 0 Å². The lowest BCUT2D eigenvalue weighted by molar-refractivity contribution is 0.0701. The summed E-state index contributed by atoms with van der Waals surface area (Å²) < 4.78 is 10.5. The second kappa shape index (κ2) is 5.37. The Bertz CT molecular complexity index is 390. The Hall–Kier alpha value is -1.75.